The summed E-state index contributed by atoms with van der Waals surface area (Å²) in [6.07, 6.45) is 2.45. The summed E-state index contributed by atoms with van der Waals surface area (Å²) in [5.74, 6) is -0.777. The molecule has 0 aliphatic rings. The minimum absolute atomic E-state index is 0.00533. The van der Waals surface area contributed by atoms with Gasteiger partial charge in [0.2, 0.25) is 11.8 Å². The molecule has 0 aliphatic carbocycles. The first-order valence-electron chi connectivity index (χ1n) is 5.74. The van der Waals surface area contributed by atoms with Gasteiger partial charge in [0.25, 0.3) is 0 Å². The summed E-state index contributed by atoms with van der Waals surface area (Å²) in [5, 5.41) is 11.6. The van der Waals surface area contributed by atoms with Crippen molar-refractivity contribution in [3.05, 3.63) is 0 Å². The fourth-order valence-electron chi connectivity index (χ4n) is 1.56. The topological polar surface area (TPSA) is 92.4 Å². The molecule has 2 amide bonds. The number of hydrogen-bond acceptors (Lipinski definition) is 3. The Kier molecular flexibility index (Phi) is 7.54. The SMILES string of the molecule is CCC[C@@H](CO)CC(=O)NC(CC)C(N)=O. The zero-order valence-corrected chi connectivity index (χ0v) is 10.0. The minimum atomic E-state index is -0.603. The maximum Gasteiger partial charge on any atom is 0.239 e. The summed E-state index contributed by atoms with van der Waals surface area (Å²) >= 11 is 0. The van der Waals surface area contributed by atoms with Crippen LogP contribution in [0, 0.1) is 5.92 Å². The molecule has 0 aliphatic heterocycles. The van der Waals surface area contributed by atoms with Crippen molar-refractivity contribution in [1.29, 1.82) is 0 Å². The zero-order valence-electron chi connectivity index (χ0n) is 10.0. The Balaban J connectivity index is 4.09. The van der Waals surface area contributed by atoms with Crippen LogP contribution < -0.4 is 11.1 Å². The molecule has 0 fully saturated rings. The molecule has 0 aromatic carbocycles. The maximum absolute atomic E-state index is 11.5. The Morgan fingerprint density at radius 1 is 1.38 bits per heavy atom. The third-order valence-corrected chi connectivity index (χ3v) is 2.52. The Bertz CT molecular complexity index is 231. The number of aliphatic hydroxyl groups excluding tert-OH is 1. The number of primary amides is 1. The summed E-state index contributed by atoms with van der Waals surface area (Å²) in [6, 6.07) is -0.603. The van der Waals surface area contributed by atoms with Gasteiger partial charge in [-0.15, -0.1) is 0 Å². The van der Waals surface area contributed by atoms with Gasteiger partial charge in [-0.3, -0.25) is 9.59 Å². The molecule has 5 nitrogen and oxygen atoms in total. The largest absolute Gasteiger partial charge is 0.396 e. The van der Waals surface area contributed by atoms with E-state index in [-0.39, 0.29) is 24.9 Å². The van der Waals surface area contributed by atoms with E-state index in [9.17, 15) is 9.59 Å². The van der Waals surface area contributed by atoms with Crippen molar-refractivity contribution in [2.75, 3.05) is 6.61 Å². The van der Waals surface area contributed by atoms with Gasteiger partial charge in [0.05, 0.1) is 0 Å². The van der Waals surface area contributed by atoms with Gasteiger partial charge in [-0.05, 0) is 18.8 Å². The highest BCUT2D eigenvalue weighted by Gasteiger charge is 2.18. The molecule has 0 radical (unpaired) electrons. The van der Waals surface area contributed by atoms with Gasteiger partial charge >= 0.3 is 0 Å². The number of rotatable bonds is 8. The number of hydrogen-bond donors (Lipinski definition) is 3. The van der Waals surface area contributed by atoms with Gasteiger partial charge in [-0.25, -0.2) is 0 Å². The molecule has 0 bridgehead atoms. The third-order valence-electron chi connectivity index (χ3n) is 2.52. The molecule has 0 heterocycles. The van der Waals surface area contributed by atoms with E-state index in [4.69, 9.17) is 10.8 Å². The lowest BCUT2D eigenvalue weighted by Crippen LogP contribution is -2.44. The van der Waals surface area contributed by atoms with Crippen molar-refractivity contribution in [2.45, 2.75) is 45.6 Å². The highest BCUT2D eigenvalue weighted by molar-refractivity contribution is 5.86. The number of carbonyl (C=O) groups excluding carboxylic acids is 2. The van der Waals surface area contributed by atoms with Crippen LogP contribution in [0.4, 0.5) is 0 Å². The van der Waals surface area contributed by atoms with E-state index in [0.29, 0.717) is 6.42 Å². The van der Waals surface area contributed by atoms with Gasteiger partial charge in [0.1, 0.15) is 6.04 Å². The number of aliphatic hydroxyl groups is 1. The fourth-order valence-corrected chi connectivity index (χ4v) is 1.56. The maximum atomic E-state index is 11.5. The Morgan fingerprint density at radius 3 is 2.38 bits per heavy atom. The summed E-state index contributed by atoms with van der Waals surface area (Å²) in [5.41, 5.74) is 5.11. The first-order valence-corrected chi connectivity index (χ1v) is 5.74. The van der Waals surface area contributed by atoms with Crippen LogP contribution in [0.25, 0.3) is 0 Å². The molecule has 0 rings (SSSR count). The lowest BCUT2D eigenvalue weighted by molar-refractivity contribution is -0.128. The first kappa shape index (κ1) is 14.9. The second kappa shape index (κ2) is 8.10. The quantitative estimate of drug-likeness (QED) is 0.555. The third kappa shape index (κ3) is 5.70. The van der Waals surface area contributed by atoms with Crippen molar-refractivity contribution in [3.8, 4) is 0 Å². The van der Waals surface area contributed by atoms with Crippen molar-refractivity contribution < 1.29 is 14.7 Å². The van der Waals surface area contributed by atoms with Gasteiger partial charge in [-0.1, -0.05) is 20.3 Å². The smallest absolute Gasteiger partial charge is 0.239 e. The highest BCUT2D eigenvalue weighted by Crippen LogP contribution is 2.10. The number of nitrogens with two attached hydrogens (primary N) is 1. The van der Waals surface area contributed by atoms with Crippen LogP contribution in [-0.4, -0.2) is 29.6 Å². The molecule has 94 valence electrons. The van der Waals surface area contributed by atoms with Gasteiger partial charge in [0.15, 0.2) is 0 Å². The Morgan fingerprint density at radius 2 is 2.00 bits per heavy atom. The van der Waals surface area contributed by atoms with Crippen molar-refractivity contribution >= 4 is 11.8 Å². The minimum Gasteiger partial charge on any atom is -0.396 e. The summed E-state index contributed by atoms with van der Waals surface area (Å²) in [6.45, 7) is 3.78. The molecule has 5 heteroatoms. The van der Waals surface area contributed by atoms with Crippen LogP contribution in [0.1, 0.15) is 39.5 Å². The molecule has 16 heavy (non-hydrogen) atoms. The van der Waals surface area contributed by atoms with E-state index in [0.717, 1.165) is 12.8 Å². The standard InChI is InChI=1S/C11H22N2O3/c1-3-5-8(7-14)6-10(15)13-9(4-2)11(12)16/h8-9,14H,3-7H2,1-2H3,(H2,12,16)(H,13,15)/t8-,9?/m1/s1. The van der Waals surface area contributed by atoms with E-state index in [2.05, 4.69) is 5.32 Å². The Labute approximate surface area is 96.4 Å². The van der Waals surface area contributed by atoms with Crippen LogP contribution in [0.15, 0.2) is 0 Å². The molecule has 0 aromatic heterocycles. The fraction of sp³-hybridized carbons (Fsp3) is 0.818. The van der Waals surface area contributed by atoms with E-state index in [1.54, 1.807) is 6.92 Å². The molecule has 4 N–H and O–H groups in total. The van der Waals surface area contributed by atoms with Crippen molar-refractivity contribution in [3.63, 3.8) is 0 Å². The molecular weight excluding hydrogens is 208 g/mol. The van der Waals surface area contributed by atoms with Crippen molar-refractivity contribution in [1.82, 2.24) is 5.32 Å². The molecule has 0 saturated heterocycles. The number of nitrogens with one attached hydrogen (secondary N) is 1. The molecule has 2 atom stereocenters. The van der Waals surface area contributed by atoms with Crippen LogP contribution >= 0.6 is 0 Å². The predicted octanol–water partition coefficient (Wildman–Crippen LogP) is 0.165. The predicted molar refractivity (Wildman–Crippen MR) is 61.5 cm³/mol. The molecule has 1 unspecified atom stereocenters. The molecule has 0 aromatic rings. The molecule has 0 saturated carbocycles. The average Bonchev–Trinajstić information content (AvgIpc) is 2.24. The summed E-state index contributed by atoms with van der Waals surface area (Å²) < 4.78 is 0. The van der Waals surface area contributed by atoms with Crippen LogP contribution in [-0.2, 0) is 9.59 Å². The number of carbonyl (C=O) groups is 2. The second-order valence-corrected chi connectivity index (χ2v) is 3.97. The molecular formula is C11H22N2O3. The lowest BCUT2D eigenvalue weighted by atomic mass is 10.0. The second-order valence-electron chi connectivity index (χ2n) is 3.97. The number of amides is 2. The van der Waals surface area contributed by atoms with E-state index >= 15 is 0 Å². The first-order chi connectivity index (χ1) is 7.54. The molecule has 0 spiro atoms. The van der Waals surface area contributed by atoms with E-state index in [1.807, 2.05) is 6.92 Å². The van der Waals surface area contributed by atoms with Crippen LogP contribution in [0.3, 0.4) is 0 Å². The van der Waals surface area contributed by atoms with Crippen LogP contribution in [0.2, 0.25) is 0 Å². The van der Waals surface area contributed by atoms with Crippen LogP contribution in [0.5, 0.6) is 0 Å². The summed E-state index contributed by atoms with van der Waals surface area (Å²) in [4.78, 5) is 22.4. The zero-order chi connectivity index (χ0) is 12.6. The normalized spacial score (nSPS) is 14.2. The van der Waals surface area contributed by atoms with Gasteiger partial charge in [-0.2, -0.15) is 0 Å². The summed E-state index contributed by atoms with van der Waals surface area (Å²) in [7, 11) is 0. The van der Waals surface area contributed by atoms with Gasteiger partial charge in [0, 0.05) is 13.0 Å². The van der Waals surface area contributed by atoms with E-state index < -0.39 is 11.9 Å². The van der Waals surface area contributed by atoms with Gasteiger partial charge < -0.3 is 16.2 Å². The lowest BCUT2D eigenvalue weighted by Gasteiger charge is -2.16. The van der Waals surface area contributed by atoms with E-state index in [1.165, 1.54) is 0 Å². The monoisotopic (exact) mass is 230 g/mol. The highest BCUT2D eigenvalue weighted by atomic mass is 16.3. The Hall–Kier alpha value is -1.10. The van der Waals surface area contributed by atoms with Crippen molar-refractivity contribution in [2.24, 2.45) is 11.7 Å². The average molecular weight is 230 g/mol.